The Morgan fingerprint density at radius 2 is 1.67 bits per heavy atom. The van der Waals surface area contributed by atoms with Crippen LogP contribution in [0.1, 0.15) is 24.0 Å². The van der Waals surface area contributed by atoms with Crippen molar-refractivity contribution in [2.45, 2.75) is 25.3 Å². The summed E-state index contributed by atoms with van der Waals surface area (Å²) in [7, 11) is 0. The zero-order valence-electron chi connectivity index (χ0n) is 12.0. The third kappa shape index (κ3) is 4.45. The molecule has 3 rings (SSSR count). The highest BCUT2D eigenvalue weighted by Crippen LogP contribution is 2.17. The maximum absolute atomic E-state index is 5.85. The van der Waals surface area contributed by atoms with Crippen LogP contribution in [0.15, 0.2) is 48.5 Å². The van der Waals surface area contributed by atoms with Gasteiger partial charge >= 0.3 is 0 Å². The molecule has 0 bridgehead atoms. The van der Waals surface area contributed by atoms with Gasteiger partial charge in [-0.05, 0) is 83.8 Å². The van der Waals surface area contributed by atoms with Gasteiger partial charge in [0, 0.05) is 9.61 Å². The summed E-state index contributed by atoms with van der Waals surface area (Å²) in [5.41, 5.74) is 2.67. The summed E-state index contributed by atoms with van der Waals surface area (Å²) in [5, 5.41) is 3.45. The zero-order chi connectivity index (χ0) is 14.5. The molecule has 1 aliphatic heterocycles. The van der Waals surface area contributed by atoms with E-state index in [1.165, 1.54) is 27.5 Å². The number of rotatable bonds is 5. The fraction of sp³-hybridized carbons (Fsp3) is 0.333. The minimum atomic E-state index is 0.525. The minimum absolute atomic E-state index is 0.525. The van der Waals surface area contributed by atoms with Crippen LogP contribution >= 0.6 is 22.6 Å². The summed E-state index contributed by atoms with van der Waals surface area (Å²) < 4.78 is 7.13. The first kappa shape index (κ1) is 14.9. The number of halogens is 1. The van der Waals surface area contributed by atoms with Crippen LogP contribution in [-0.4, -0.2) is 19.2 Å². The average molecular weight is 393 g/mol. The summed E-state index contributed by atoms with van der Waals surface area (Å²) in [4.78, 5) is 0. The second kappa shape index (κ2) is 7.27. The van der Waals surface area contributed by atoms with Gasteiger partial charge in [0.1, 0.15) is 12.4 Å². The number of hydrogen-bond acceptors (Lipinski definition) is 2. The summed E-state index contributed by atoms with van der Waals surface area (Å²) >= 11 is 2.34. The standard InChI is InChI=1S/C18H20INO/c19-16-7-3-14(4-8-16)12-15-5-9-18(10-6-15)21-13-17-2-1-11-20-17/h3-10,17,20H,1-2,11-13H2/t17-/m0/s1. The van der Waals surface area contributed by atoms with Crippen molar-refractivity contribution < 1.29 is 4.74 Å². The maximum Gasteiger partial charge on any atom is 0.119 e. The average Bonchev–Trinajstić information content (AvgIpc) is 3.02. The zero-order valence-corrected chi connectivity index (χ0v) is 14.2. The van der Waals surface area contributed by atoms with Crippen molar-refractivity contribution in [1.29, 1.82) is 0 Å². The number of hydrogen-bond donors (Lipinski definition) is 1. The SMILES string of the molecule is Ic1ccc(Cc2ccc(OC[C@@H]3CCCN3)cc2)cc1. The van der Waals surface area contributed by atoms with E-state index < -0.39 is 0 Å². The van der Waals surface area contributed by atoms with Gasteiger partial charge in [-0.25, -0.2) is 0 Å². The van der Waals surface area contributed by atoms with Crippen LogP contribution in [0.3, 0.4) is 0 Å². The Hall–Kier alpha value is -1.07. The van der Waals surface area contributed by atoms with Crippen LogP contribution in [0, 0.1) is 3.57 Å². The number of nitrogens with one attached hydrogen (secondary N) is 1. The van der Waals surface area contributed by atoms with Gasteiger partial charge in [0.25, 0.3) is 0 Å². The van der Waals surface area contributed by atoms with Crippen molar-refractivity contribution in [1.82, 2.24) is 5.32 Å². The first-order chi connectivity index (χ1) is 10.3. The second-order valence-corrected chi connectivity index (χ2v) is 6.80. The molecule has 21 heavy (non-hydrogen) atoms. The largest absolute Gasteiger partial charge is 0.492 e. The molecule has 0 spiro atoms. The van der Waals surface area contributed by atoms with Gasteiger partial charge in [0.15, 0.2) is 0 Å². The first-order valence-corrected chi connectivity index (χ1v) is 8.57. The Kier molecular flexibility index (Phi) is 5.14. The molecule has 1 saturated heterocycles. The van der Waals surface area contributed by atoms with Gasteiger partial charge in [-0.3, -0.25) is 0 Å². The second-order valence-electron chi connectivity index (χ2n) is 5.55. The normalized spacial score (nSPS) is 17.9. The number of ether oxygens (including phenoxy) is 1. The molecule has 1 atom stereocenters. The Morgan fingerprint density at radius 3 is 2.29 bits per heavy atom. The predicted molar refractivity (Wildman–Crippen MR) is 94.9 cm³/mol. The van der Waals surface area contributed by atoms with Crippen molar-refractivity contribution in [3.8, 4) is 5.75 Å². The van der Waals surface area contributed by atoms with Gasteiger partial charge in [-0.1, -0.05) is 24.3 Å². The predicted octanol–water partition coefficient (Wildman–Crippen LogP) is 4.01. The molecule has 2 aromatic carbocycles. The Labute approximate surface area is 140 Å². The first-order valence-electron chi connectivity index (χ1n) is 7.49. The van der Waals surface area contributed by atoms with E-state index in [2.05, 4.69) is 76.4 Å². The van der Waals surface area contributed by atoms with Gasteiger partial charge in [-0.2, -0.15) is 0 Å². The molecule has 0 radical (unpaired) electrons. The lowest BCUT2D eigenvalue weighted by atomic mass is 10.1. The summed E-state index contributed by atoms with van der Waals surface area (Å²) in [5.74, 6) is 0.968. The van der Waals surface area contributed by atoms with E-state index in [4.69, 9.17) is 4.74 Å². The highest BCUT2D eigenvalue weighted by molar-refractivity contribution is 14.1. The van der Waals surface area contributed by atoms with E-state index in [0.717, 1.165) is 25.3 Å². The highest BCUT2D eigenvalue weighted by Gasteiger charge is 2.14. The Bertz CT molecular complexity index is 559. The highest BCUT2D eigenvalue weighted by atomic mass is 127. The Morgan fingerprint density at radius 1 is 1.00 bits per heavy atom. The quantitative estimate of drug-likeness (QED) is 0.776. The Balaban J connectivity index is 1.54. The molecule has 3 heteroatoms. The summed E-state index contributed by atoms with van der Waals surface area (Å²) in [6, 6.07) is 17.7. The molecular formula is C18H20INO. The van der Waals surface area contributed by atoms with Crippen molar-refractivity contribution in [3.05, 3.63) is 63.2 Å². The van der Waals surface area contributed by atoms with Crippen LogP contribution in [0.2, 0.25) is 0 Å². The molecule has 0 unspecified atom stereocenters. The van der Waals surface area contributed by atoms with Crippen molar-refractivity contribution in [2.24, 2.45) is 0 Å². The van der Waals surface area contributed by atoms with Crippen molar-refractivity contribution in [2.75, 3.05) is 13.2 Å². The van der Waals surface area contributed by atoms with Crippen molar-refractivity contribution >= 4 is 22.6 Å². The van der Waals surface area contributed by atoms with E-state index in [1.807, 2.05) is 0 Å². The molecule has 0 saturated carbocycles. The summed E-state index contributed by atoms with van der Waals surface area (Å²) in [6.07, 6.45) is 3.47. The van der Waals surface area contributed by atoms with E-state index in [0.29, 0.717) is 6.04 Å². The maximum atomic E-state index is 5.85. The molecular weight excluding hydrogens is 373 g/mol. The lowest BCUT2D eigenvalue weighted by Crippen LogP contribution is -2.28. The van der Waals surface area contributed by atoms with E-state index in [9.17, 15) is 0 Å². The van der Waals surface area contributed by atoms with E-state index in [1.54, 1.807) is 0 Å². The van der Waals surface area contributed by atoms with Crippen LogP contribution in [0.4, 0.5) is 0 Å². The molecule has 1 heterocycles. The molecule has 0 aromatic heterocycles. The molecule has 1 aliphatic rings. The van der Waals surface area contributed by atoms with Crippen LogP contribution in [0.25, 0.3) is 0 Å². The van der Waals surface area contributed by atoms with Crippen molar-refractivity contribution in [3.63, 3.8) is 0 Å². The van der Waals surface area contributed by atoms with Crippen LogP contribution in [-0.2, 0) is 6.42 Å². The fourth-order valence-corrected chi connectivity index (χ4v) is 3.00. The summed E-state index contributed by atoms with van der Waals surface area (Å²) in [6.45, 7) is 1.90. The lowest BCUT2D eigenvalue weighted by Gasteiger charge is -2.12. The third-order valence-corrected chi connectivity index (χ3v) is 4.58. The molecule has 110 valence electrons. The van der Waals surface area contributed by atoms with Crippen LogP contribution < -0.4 is 10.1 Å². The molecule has 1 fully saturated rings. The van der Waals surface area contributed by atoms with E-state index >= 15 is 0 Å². The van der Waals surface area contributed by atoms with Gasteiger partial charge in [-0.15, -0.1) is 0 Å². The smallest absolute Gasteiger partial charge is 0.119 e. The van der Waals surface area contributed by atoms with Crippen LogP contribution in [0.5, 0.6) is 5.75 Å². The van der Waals surface area contributed by atoms with E-state index in [-0.39, 0.29) is 0 Å². The molecule has 1 N–H and O–H groups in total. The molecule has 0 amide bonds. The minimum Gasteiger partial charge on any atom is -0.492 e. The fourth-order valence-electron chi connectivity index (χ4n) is 2.64. The topological polar surface area (TPSA) is 21.3 Å². The molecule has 0 aliphatic carbocycles. The number of benzene rings is 2. The third-order valence-electron chi connectivity index (χ3n) is 3.86. The van der Waals surface area contributed by atoms with Gasteiger partial charge in [0.2, 0.25) is 0 Å². The van der Waals surface area contributed by atoms with Gasteiger partial charge < -0.3 is 10.1 Å². The molecule has 2 aromatic rings. The monoisotopic (exact) mass is 393 g/mol. The molecule has 2 nitrogen and oxygen atoms in total. The lowest BCUT2D eigenvalue weighted by molar-refractivity contribution is 0.277. The van der Waals surface area contributed by atoms with Gasteiger partial charge in [0.05, 0.1) is 0 Å².